The Morgan fingerprint density at radius 2 is 1.25 bits per heavy atom. The summed E-state index contributed by atoms with van der Waals surface area (Å²) < 4.78 is 8.56. The van der Waals surface area contributed by atoms with E-state index in [-0.39, 0.29) is 36.1 Å². The first kappa shape index (κ1) is 13.3. The summed E-state index contributed by atoms with van der Waals surface area (Å²) >= 11 is 0. The zero-order valence-corrected chi connectivity index (χ0v) is 9.99. The van der Waals surface area contributed by atoms with Crippen molar-refractivity contribution in [3.63, 3.8) is 0 Å². The molecule has 20 heavy (non-hydrogen) atoms. The second-order valence-electron chi connectivity index (χ2n) is 3.51. The second-order valence-corrected chi connectivity index (χ2v) is 3.51. The lowest BCUT2D eigenvalue weighted by atomic mass is 10.4. The normalized spacial score (nSPS) is 10.2. The number of nitrogen functional groups attached to an aromatic ring is 2. The van der Waals surface area contributed by atoms with E-state index in [1.54, 1.807) is 0 Å². The maximum absolute atomic E-state index is 11.5. The molecule has 2 amide bonds. The first-order chi connectivity index (χ1) is 9.59. The summed E-state index contributed by atoms with van der Waals surface area (Å²) in [6.07, 6.45) is 0. The van der Waals surface area contributed by atoms with Crippen molar-refractivity contribution in [3.05, 3.63) is 11.4 Å². The number of carbonyl (C=O) groups excluding carboxylic acids is 2. The Kier molecular flexibility index (Phi) is 3.74. The molecule has 2 heterocycles. The molecule has 2 aromatic heterocycles. The molecule has 2 aromatic rings. The summed E-state index contributed by atoms with van der Waals surface area (Å²) in [6.45, 7) is 0.254. The lowest BCUT2D eigenvalue weighted by molar-refractivity contribution is 0.0918. The first-order valence-corrected chi connectivity index (χ1v) is 5.32. The van der Waals surface area contributed by atoms with E-state index < -0.39 is 11.8 Å². The van der Waals surface area contributed by atoms with Crippen LogP contribution in [0.4, 0.5) is 11.6 Å². The number of nitrogens with zero attached hydrogens (tertiary/aromatic N) is 4. The quantitative estimate of drug-likeness (QED) is 0.437. The highest BCUT2D eigenvalue weighted by Crippen LogP contribution is 2.03. The van der Waals surface area contributed by atoms with Gasteiger partial charge in [0.2, 0.25) is 23.0 Å². The Balaban J connectivity index is 1.75. The Labute approximate surface area is 110 Å². The lowest BCUT2D eigenvalue weighted by Gasteiger charge is -2.04. The van der Waals surface area contributed by atoms with E-state index in [0.29, 0.717) is 0 Å². The molecular weight excluding hydrogens is 272 g/mol. The zero-order valence-electron chi connectivity index (χ0n) is 9.99. The number of hydrogen-bond acceptors (Lipinski definition) is 10. The van der Waals surface area contributed by atoms with E-state index in [4.69, 9.17) is 11.5 Å². The molecule has 0 atom stereocenters. The monoisotopic (exact) mass is 282 g/mol. The number of rotatable bonds is 5. The Morgan fingerprint density at radius 3 is 1.55 bits per heavy atom. The average Bonchev–Trinajstić information content (AvgIpc) is 3.02. The third kappa shape index (κ3) is 2.80. The first-order valence-electron chi connectivity index (χ1n) is 5.32. The number of nitrogens with two attached hydrogens (primary N) is 2. The number of amides is 2. The molecule has 0 aliphatic heterocycles. The van der Waals surface area contributed by atoms with E-state index in [1.807, 2.05) is 0 Å². The maximum Gasteiger partial charge on any atom is 0.277 e. The molecule has 2 rings (SSSR count). The fourth-order valence-electron chi connectivity index (χ4n) is 1.23. The fourth-order valence-corrected chi connectivity index (χ4v) is 1.23. The molecule has 6 N–H and O–H groups in total. The number of hydrogen-bond donors (Lipinski definition) is 4. The van der Waals surface area contributed by atoms with Gasteiger partial charge in [-0.05, 0) is 20.6 Å². The van der Waals surface area contributed by atoms with Gasteiger partial charge in [0.25, 0.3) is 11.8 Å². The van der Waals surface area contributed by atoms with E-state index in [0.717, 1.165) is 0 Å². The topological polar surface area (TPSA) is 188 Å². The van der Waals surface area contributed by atoms with Gasteiger partial charge >= 0.3 is 0 Å². The van der Waals surface area contributed by atoms with Crippen LogP contribution in [-0.2, 0) is 0 Å². The molecule has 0 radical (unpaired) electrons. The van der Waals surface area contributed by atoms with Gasteiger partial charge < -0.3 is 22.1 Å². The van der Waals surface area contributed by atoms with Gasteiger partial charge in [-0.15, -0.1) is 0 Å². The van der Waals surface area contributed by atoms with Gasteiger partial charge in [0.1, 0.15) is 0 Å². The molecule has 12 heteroatoms. The van der Waals surface area contributed by atoms with Gasteiger partial charge in [-0.25, -0.2) is 9.26 Å². The highest BCUT2D eigenvalue weighted by molar-refractivity contribution is 5.96. The number of anilines is 2. The van der Waals surface area contributed by atoms with Crippen LogP contribution in [0.25, 0.3) is 0 Å². The van der Waals surface area contributed by atoms with Crippen molar-refractivity contribution < 1.29 is 18.8 Å². The van der Waals surface area contributed by atoms with Crippen LogP contribution < -0.4 is 22.1 Å². The highest BCUT2D eigenvalue weighted by atomic mass is 16.6. The van der Waals surface area contributed by atoms with Crippen LogP contribution in [0.1, 0.15) is 21.0 Å². The molecule has 0 saturated heterocycles. The van der Waals surface area contributed by atoms with Gasteiger partial charge in [-0.1, -0.05) is 0 Å². The molecule has 0 aliphatic carbocycles. The second kappa shape index (κ2) is 5.64. The lowest BCUT2D eigenvalue weighted by Crippen LogP contribution is -2.35. The van der Waals surface area contributed by atoms with Gasteiger partial charge in [-0.2, -0.15) is 0 Å². The average molecular weight is 282 g/mol. The number of nitrogens with one attached hydrogen (secondary N) is 2. The molecule has 0 bridgehead atoms. The highest BCUT2D eigenvalue weighted by Gasteiger charge is 2.17. The van der Waals surface area contributed by atoms with Crippen molar-refractivity contribution in [2.45, 2.75) is 0 Å². The third-order valence-electron chi connectivity index (χ3n) is 2.15. The van der Waals surface area contributed by atoms with E-state index >= 15 is 0 Å². The van der Waals surface area contributed by atoms with Crippen LogP contribution in [0.15, 0.2) is 9.26 Å². The largest absolute Gasteiger partial charge is 0.379 e. The zero-order chi connectivity index (χ0) is 14.5. The molecule has 0 spiro atoms. The molecule has 0 unspecified atom stereocenters. The molecule has 0 fully saturated rings. The Bertz CT molecular complexity index is 565. The third-order valence-corrected chi connectivity index (χ3v) is 2.15. The summed E-state index contributed by atoms with van der Waals surface area (Å²) in [4.78, 5) is 23.1. The number of aromatic nitrogens is 4. The summed E-state index contributed by atoms with van der Waals surface area (Å²) in [5, 5.41) is 18.1. The summed E-state index contributed by atoms with van der Waals surface area (Å²) in [7, 11) is 0. The van der Waals surface area contributed by atoms with E-state index in [9.17, 15) is 9.59 Å². The van der Waals surface area contributed by atoms with Crippen LogP contribution in [-0.4, -0.2) is 45.5 Å². The molecule has 12 nitrogen and oxygen atoms in total. The predicted molar refractivity (Wildman–Crippen MR) is 62.1 cm³/mol. The SMILES string of the molecule is Nc1nonc1C(=O)NCCNC(=O)c1nonc1N. The van der Waals surface area contributed by atoms with Crippen LogP contribution >= 0.6 is 0 Å². The van der Waals surface area contributed by atoms with E-state index in [2.05, 4.69) is 40.5 Å². The van der Waals surface area contributed by atoms with Gasteiger partial charge in [0.15, 0.2) is 0 Å². The molecule has 0 aliphatic rings. The van der Waals surface area contributed by atoms with Crippen LogP contribution in [0.3, 0.4) is 0 Å². The minimum Gasteiger partial charge on any atom is -0.379 e. The van der Waals surface area contributed by atoms with Crippen LogP contribution in [0.2, 0.25) is 0 Å². The summed E-state index contributed by atoms with van der Waals surface area (Å²) in [5.41, 5.74) is 10.4. The minimum atomic E-state index is -0.569. The maximum atomic E-state index is 11.5. The Hall–Kier alpha value is -3.18. The predicted octanol–water partition coefficient (Wildman–Crippen LogP) is -2.22. The standard InChI is InChI=1S/C8H10N8O4/c9-5-3(13-19-15-5)7(17)11-1-2-12-8(18)4-6(10)16-20-14-4/h1-2H2,(H2,9,15)(H2,10,16)(H,11,17)(H,12,18). The smallest absolute Gasteiger partial charge is 0.277 e. The van der Waals surface area contributed by atoms with E-state index in [1.165, 1.54) is 0 Å². The van der Waals surface area contributed by atoms with Crippen molar-refractivity contribution in [3.8, 4) is 0 Å². The fraction of sp³-hybridized carbons (Fsp3) is 0.250. The van der Waals surface area contributed by atoms with Crippen molar-refractivity contribution >= 4 is 23.5 Å². The van der Waals surface area contributed by atoms with Crippen LogP contribution in [0, 0.1) is 0 Å². The van der Waals surface area contributed by atoms with Crippen molar-refractivity contribution in [2.24, 2.45) is 0 Å². The molecule has 0 aromatic carbocycles. The molecule has 106 valence electrons. The van der Waals surface area contributed by atoms with Gasteiger partial charge in [-0.3, -0.25) is 9.59 Å². The minimum absolute atomic E-state index is 0.118. The Morgan fingerprint density at radius 1 is 0.850 bits per heavy atom. The molecular formula is C8H10N8O4. The van der Waals surface area contributed by atoms with Crippen molar-refractivity contribution in [1.82, 2.24) is 31.3 Å². The molecule has 0 saturated carbocycles. The van der Waals surface area contributed by atoms with Gasteiger partial charge in [0, 0.05) is 13.1 Å². The van der Waals surface area contributed by atoms with Gasteiger partial charge in [0.05, 0.1) is 0 Å². The number of carbonyl (C=O) groups is 2. The van der Waals surface area contributed by atoms with Crippen molar-refractivity contribution in [2.75, 3.05) is 24.6 Å². The van der Waals surface area contributed by atoms with Crippen LogP contribution in [0.5, 0.6) is 0 Å². The van der Waals surface area contributed by atoms with Crippen molar-refractivity contribution in [1.29, 1.82) is 0 Å². The summed E-state index contributed by atoms with van der Waals surface area (Å²) in [5.74, 6) is -1.37. The summed E-state index contributed by atoms with van der Waals surface area (Å²) in [6, 6.07) is 0.